The van der Waals surface area contributed by atoms with Crippen LogP contribution in [0.25, 0.3) is 21.9 Å². The summed E-state index contributed by atoms with van der Waals surface area (Å²) in [5.41, 5.74) is 2.28. The number of carboxylic acid groups (broad SMARTS) is 1. The summed E-state index contributed by atoms with van der Waals surface area (Å²) >= 11 is 0. The molecule has 0 amide bonds. The molecule has 26 heavy (non-hydrogen) atoms. The number of halogens is 1. The Hall–Kier alpha value is -3.15. The van der Waals surface area contributed by atoms with Crippen LogP contribution in [0.15, 0.2) is 42.5 Å². The van der Waals surface area contributed by atoms with Gasteiger partial charge in [-0.3, -0.25) is 0 Å². The second kappa shape index (κ2) is 7.00. The summed E-state index contributed by atoms with van der Waals surface area (Å²) in [4.78, 5) is 15.6. The van der Waals surface area contributed by atoms with Gasteiger partial charge in [-0.1, -0.05) is 19.1 Å². The Morgan fingerprint density at radius 2 is 1.88 bits per heavy atom. The number of ether oxygens (including phenoxy) is 1. The summed E-state index contributed by atoms with van der Waals surface area (Å²) < 4.78 is 18.8. The molecule has 2 aromatic carbocycles. The van der Waals surface area contributed by atoms with Crippen LogP contribution in [0.3, 0.4) is 0 Å². The van der Waals surface area contributed by atoms with E-state index >= 15 is 0 Å². The van der Waals surface area contributed by atoms with E-state index in [1.807, 2.05) is 6.92 Å². The topological polar surface area (TPSA) is 79.7 Å². The lowest BCUT2D eigenvalue weighted by atomic mass is 9.96. The number of phenols is 1. The van der Waals surface area contributed by atoms with Crippen LogP contribution in [-0.4, -0.2) is 27.3 Å². The number of nitrogens with zero attached hydrogens (tertiary/aromatic N) is 1. The summed E-state index contributed by atoms with van der Waals surface area (Å²) in [6, 6.07) is 10.8. The predicted molar refractivity (Wildman–Crippen MR) is 95.9 cm³/mol. The highest BCUT2D eigenvalue weighted by atomic mass is 19.1. The normalized spacial score (nSPS) is 12.1. The van der Waals surface area contributed by atoms with Crippen molar-refractivity contribution in [3.63, 3.8) is 0 Å². The molecule has 6 heteroatoms. The maximum Gasteiger partial charge on any atom is 0.344 e. The van der Waals surface area contributed by atoms with Gasteiger partial charge in [0.05, 0.1) is 5.69 Å². The molecule has 1 heterocycles. The second-order valence-corrected chi connectivity index (χ2v) is 5.93. The van der Waals surface area contributed by atoms with E-state index < -0.39 is 12.1 Å². The van der Waals surface area contributed by atoms with E-state index in [0.717, 1.165) is 16.5 Å². The highest BCUT2D eigenvalue weighted by Gasteiger charge is 2.20. The monoisotopic (exact) mass is 355 g/mol. The minimum Gasteiger partial charge on any atom is -0.508 e. The number of aromatic hydroxyl groups is 1. The van der Waals surface area contributed by atoms with Gasteiger partial charge in [0.1, 0.15) is 11.6 Å². The van der Waals surface area contributed by atoms with Crippen molar-refractivity contribution in [3.05, 3.63) is 54.0 Å². The summed E-state index contributed by atoms with van der Waals surface area (Å²) in [6.07, 6.45) is -0.518. The van der Waals surface area contributed by atoms with Crippen molar-refractivity contribution >= 4 is 16.7 Å². The zero-order valence-electron chi connectivity index (χ0n) is 14.4. The molecule has 1 aromatic heterocycles. The standard InChI is InChI=1S/C20H18FNO4/c1-3-17-18(12-4-6-13(21)7-5-12)15-9-8-14(23)10-16(15)19(22-17)26-11(2)20(24)25/h4-11,23H,3H2,1-2H3,(H,24,25)/t11-/m0/s1. The van der Waals surface area contributed by atoms with Crippen molar-refractivity contribution < 1.29 is 24.1 Å². The first-order valence-corrected chi connectivity index (χ1v) is 8.21. The molecule has 0 unspecified atom stereocenters. The van der Waals surface area contributed by atoms with E-state index in [2.05, 4.69) is 4.98 Å². The molecule has 0 aliphatic rings. The molecule has 0 fully saturated rings. The van der Waals surface area contributed by atoms with Crippen LogP contribution in [0, 0.1) is 5.82 Å². The lowest BCUT2D eigenvalue weighted by Crippen LogP contribution is -2.23. The molecule has 1 atom stereocenters. The van der Waals surface area contributed by atoms with Crippen LogP contribution in [-0.2, 0) is 11.2 Å². The fraction of sp³-hybridized carbons (Fsp3) is 0.200. The number of aliphatic carboxylic acids is 1. The van der Waals surface area contributed by atoms with Crippen LogP contribution >= 0.6 is 0 Å². The molecular weight excluding hydrogens is 337 g/mol. The fourth-order valence-corrected chi connectivity index (χ4v) is 2.82. The van der Waals surface area contributed by atoms with Gasteiger partial charge in [-0.05, 0) is 54.6 Å². The van der Waals surface area contributed by atoms with Crippen LogP contribution in [0.1, 0.15) is 19.5 Å². The zero-order chi connectivity index (χ0) is 18.8. The summed E-state index contributed by atoms with van der Waals surface area (Å²) in [5.74, 6) is -1.28. The number of carboxylic acids is 1. The summed E-state index contributed by atoms with van der Waals surface area (Å²) in [5, 5.41) is 20.2. The molecule has 134 valence electrons. The van der Waals surface area contributed by atoms with Gasteiger partial charge < -0.3 is 14.9 Å². The van der Waals surface area contributed by atoms with Gasteiger partial charge in [0, 0.05) is 10.9 Å². The van der Waals surface area contributed by atoms with Crippen LogP contribution in [0.5, 0.6) is 11.6 Å². The molecule has 0 aliphatic carbocycles. The van der Waals surface area contributed by atoms with Gasteiger partial charge >= 0.3 is 5.97 Å². The number of carbonyl (C=O) groups is 1. The molecule has 0 spiro atoms. The fourth-order valence-electron chi connectivity index (χ4n) is 2.82. The minimum absolute atomic E-state index is 0.0152. The Morgan fingerprint density at radius 1 is 1.19 bits per heavy atom. The van der Waals surface area contributed by atoms with Crippen molar-refractivity contribution in [2.75, 3.05) is 0 Å². The smallest absolute Gasteiger partial charge is 0.344 e. The number of fused-ring (bicyclic) bond motifs is 1. The number of pyridine rings is 1. The number of phenolic OH excluding ortho intramolecular Hbond substituents is 1. The van der Waals surface area contributed by atoms with E-state index in [4.69, 9.17) is 9.84 Å². The third-order valence-electron chi connectivity index (χ3n) is 4.13. The Morgan fingerprint density at radius 3 is 2.50 bits per heavy atom. The maximum absolute atomic E-state index is 13.3. The average Bonchev–Trinajstić information content (AvgIpc) is 2.62. The van der Waals surface area contributed by atoms with E-state index in [0.29, 0.717) is 17.5 Å². The number of hydrogen-bond acceptors (Lipinski definition) is 4. The first-order chi connectivity index (χ1) is 12.4. The quantitative estimate of drug-likeness (QED) is 0.718. The maximum atomic E-state index is 13.3. The molecule has 0 saturated heterocycles. The Kier molecular flexibility index (Phi) is 4.75. The molecule has 0 bridgehead atoms. The number of aromatic nitrogens is 1. The van der Waals surface area contributed by atoms with Crippen LogP contribution < -0.4 is 4.74 Å². The molecule has 0 saturated carbocycles. The summed E-state index contributed by atoms with van der Waals surface area (Å²) in [7, 11) is 0. The van der Waals surface area contributed by atoms with E-state index in [9.17, 15) is 14.3 Å². The van der Waals surface area contributed by atoms with Crippen molar-refractivity contribution in [2.24, 2.45) is 0 Å². The van der Waals surface area contributed by atoms with Crippen LogP contribution in [0.2, 0.25) is 0 Å². The first kappa shape index (κ1) is 17.7. The average molecular weight is 355 g/mol. The van der Waals surface area contributed by atoms with Crippen molar-refractivity contribution in [1.82, 2.24) is 4.98 Å². The highest BCUT2D eigenvalue weighted by Crippen LogP contribution is 2.38. The Bertz CT molecular complexity index is 970. The number of benzene rings is 2. The zero-order valence-corrected chi connectivity index (χ0v) is 14.4. The van der Waals surface area contributed by atoms with Gasteiger partial charge in [-0.2, -0.15) is 0 Å². The van der Waals surface area contributed by atoms with Gasteiger partial charge in [0.15, 0.2) is 6.10 Å². The van der Waals surface area contributed by atoms with Crippen LogP contribution in [0.4, 0.5) is 4.39 Å². The molecular formula is C20H18FNO4. The molecule has 2 N–H and O–H groups in total. The first-order valence-electron chi connectivity index (χ1n) is 8.21. The Labute approximate surface area is 149 Å². The number of rotatable bonds is 5. The molecule has 0 aliphatic heterocycles. The Balaban J connectivity index is 2.29. The third-order valence-corrected chi connectivity index (χ3v) is 4.13. The highest BCUT2D eigenvalue weighted by molar-refractivity contribution is 6.01. The van der Waals surface area contributed by atoms with Crippen molar-refractivity contribution in [3.8, 4) is 22.8 Å². The largest absolute Gasteiger partial charge is 0.508 e. The number of hydrogen-bond donors (Lipinski definition) is 2. The van der Waals surface area contributed by atoms with E-state index in [-0.39, 0.29) is 17.4 Å². The van der Waals surface area contributed by atoms with Gasteiger partial charge in [-0.25, -0.2) is 14.2 Å². The summed E-state index contributed by atoms with van der Waals surface area (Å²) in [6.45, 7) is 3.34. The lowest BCUT2D eigenvalue weighted by Gasteiger charge is -2.17. The van der Waals surface area contributed by atoms with Crippen molar-refractivity contribution in [2.45, 2.75) is 26.4 Å². The van der Waals surface area contributed by atoms with Gasteiger partial charge in [-0.15, -0.1) is 0 Å². The molecule has 3 rings (SSSR count). The third kappa shape index (κ3) is 3.31. The predicted octanol–water partition coefficient (Wildman–Crippen LogP) is 4.16. The van der Waals surface area contributed by atoms with Gasteiger partial charge in [0.25, 0.3) is 0 Å². The van der Waals surface area contributed by atoms with E-state index in [1.165, 1.54) is 25.1 Å². The lowest BCUT2D eigenvalue weighted by molar-refractivity contribution is -0.144. The SMILES string of the molecule is CCc1nc(O[C@@H](C)C(=O)O)c2cc(O)ccc2c1-c1ccc(F)cc1. The van der Waals surface area contributed by atoms with Gasteiger partial charge in [0.2, 0.25) is 5.88 Å². The number of aryl methyl sites for hydroxylation is 1. The minimum atomic E-state index is -1.11. The molecule has 3 aromatic rings. The second-order valence-electron chi connectivity index (χ2n) is 5.93. The van der Waals surface area contributed by atoms with Crippen molar-refractivity contribution in [1.29, 1.82) is 0 Å². The van der Waals surface area contributed by atoms with E-state index in [1.54, 1.807) is 24.3 Å². The molecule has 5 nitrogen and oxygen atoms in total. The molecule has 0 radical (unpaired) electrons.